The van der Waals surface area contributed by atoms with Gasteiger partial charge in [-0.3, -0.25) is 4.84 Å². The predicted molar refractivity (Wildman–Crippen MR) is 61.8 cm³/mol. The molecule has 0 amide bonds. The van der Waals surface area contributed by atoms with Gasteiger partial charge in [0.05, 0.1) is 0 Å². The third-order valence-electron chi connectivity index (χ3n) is 2.97. The van der Waals surface area contributed by atoms with Crippen molar-refractivity contribution in [3.05, 3.63) is 29.3 Å². The van der Waals surface area contributed by atoms with Crippen molar-refractivity contribution in [1.29, 1.82) is 5.41 Å². The van der Waals surface area contributed by atoms with E-state index >= 15 is 0 Å². The van der Waals surface area contributed by atoms with E-state index in [-0.39, 0.29) is 12.2 Å². The van der Waals surface area contributed by atoms with Crippen LogP contribution < -0.4 is 10.6 Å². The van der Waals surface area contributed by atoms with Gasteiger partial charge in [0.25, 0.3) is 0 Å². The summed E-state index contributed by atoms with van der Waals surface area (Å²) in [5.41, 5.74) is 2.06. The minimum atomic E-state index is -0.101. The van der Waals surface area contributed by atoms with Crippen LogP contribution in [0, 0.1) is 5.41 Å². The lowest BCUT2D eigenvalue weighted by Gasteiger charge is -2.29. The van der Waals surface area contributed by atoms with Gasteiger partial charge in [0.1, 0.15) is 18.0 Å². The Balaban J connectivity index is 2.18. The summed E-state index contributed by atoms with van der Waals surface area (Å²) in [5.74, 6) is 6.04. The van der Waals surface area contributed by atoms with Crippen molar-refractivity contribution in [1.82, 2.24) is 0 Å². The first-order chi connectivity index (χ1) is 7.74. The van der Waals surface area contributed by atoms with Gasteiger partial charge in [0.15, 0.2) is 0 Å². The highest BCUT2D eigenvalue weighted by molar-refractivity contribution is 5.77. The molecule has 0 saturated heterocycles. The molecule has 1 aromatic carbocycles. The fourth-order valence-corrected chi connectivity index (χ4v) is 1.94. The van der Waals surface area contributed by atoms with Gasteiger partial charge < -0.3 is 10.1 Å². The number of rotatable bonds is 3. The molecule has 1 aromatic rings. The summed E-state index contributed by atoms with van der Waals surface area (Å²) in [6, 6.07) is 5.78. The van der Waals surface area contributed by atoms with E-state index in [4.69, 9.17) is 20.9 Å². The molecule has 1 heterocycles. The van der Waals surface area contributed by atoms with E-state index in [0.717, 1.165) is 29.7 Å². The average Bonchev–Trinajstić information content (AvgIpc) is 2.36. The van der Waals surface area contributed by atoms with E-state index in [1.807, 2.05) is 25.1 Å². The van der Waals surface area contributed by atoms with Crippen molar-refractivity contribution in [2.75, 3.05) is 0 Å². The number of hydrogen-bond donors (Lipinski definition) is 2. The number of nitrogens with one attached hydrogen (secondary N) is 1. The molecule has 1 aliphatic heterocycles. The molecule has 2 unspecified atom stereocenters. The van der Waals surface area contributed by atoms with Crippen molar-refractivity contribution >= 4 is 6.21 Å². The van der Waals surface area contributed by atoms with Crippen LogP contribution in [-0.2, 0) is 11.3 Å². The Kier molecular flexibility index (Phi) is 3.22. The van der Waals surface area contributed by atoms with E-state index in [1.165, 1.54) is 6.21 Å². The summed E-state index contributed by atoms with van der Waals surface area (Å²) < 4.78 is 5.80. The van der Waals surface area contributed by atoms with Crippen molar-refractivity contribution < 1.29 is 9.57 Å². The molecular formula is C12H16N2O2. The van der Waals surface area contributed by atoms with E-state index in [2.05, 4.69) is 0 Å². The maximum absolute atomic E-state index is 7.20. The number of benzene rings is 1. The van der Waals surface area contributed by atoms with Crippen molar-refractivity contribution in [2.45, 2.75) is 32.0 Å². The Morgan fingerprint density at radius 3 is 3.12 bits per heavy atom. The fraction of sp³-hybridized carbons (Fsp3) is 0.417. The summed E-state index contributed by atoms with van der Waals surface area (Å²) in [6.45, 7) is 1.90. The Hall–Kier alpha value is -1.39. The number of ether oxygens (including phenoxy) is 1. The highest BCUT2D eigenvalue weighted by Gasteiger charge is 2.25. The van der Waals surface area contributed by atoms with Crippen LogP contribution in [0.1, 0.15) is 24.5 Å². The minimum Gasteiger partial charge on any atom is -0.487 e. The van der Waals surface area contributed by atoms with E-state index in [1.54, 1.807) is 0 Å². The molecule has 0 bridgehead atoms. The zero-order chi connectivity index (χ0) is 11.5. The summed E-state index contributed by atoms with van der Waals surface area (Å²) in [6.07, 6.45) is 3.10. The van der Waals surface area contributed by atoms with Crippen LogP contribution in [0.25, 0.3) is 0 Å². The summed E-state index contributed by atoms with van der Waals surface area (Å²) in [5, 5.41) is 7.20. The summed E-state index contributed by atoms with van der Waals surface area (Å²) in [7, 11) is 0. The van der Waals surface area contributed by atoms with Gasteiger partial charge in [0, 0.05) is 6.21 Å². The molecular weight excluding hydrogens is 204 g/mol. The second kappa shape index (κ2) is 4.63. The molecule has 0 aromatic heterocycles. The van der Waals surface area contributed by atoms with Gasteiger partial charge in [-0.2, -0.15) is 0 Å². The SMILES string of the molecule is CC(ON)C1CCc2cc(C=N)ccc2O1. The highest BCUT2D eigenvalue weighted by atomic mass is 16.6. The Morgan fingerprint density at radius 2 is 2.44 bits per heavy atom. The number of nitrogens with two attached hydrogens (primary N) is 1. The zero-order valence-corrected chi connectivity index (χ0v) is 9.27. The molecule has 4 heteroatoms. The highest BCUT2D eigenvalue weighted by Crippen LogP contribution is 2.29. The molecule has 4 nitrogen and oxygen atoms in total. The van der Waals surface area contributed by atoms with Gasteiger partial charge in [-0.15, -0.1) is 0 Å². The molecule has 1 aliphatic rings. The number of aryl methyl sites for hydroxylation is 1. The standard InChI is InChI=1S/C12H16N2O2/c1-8(16-14)11-5-3-10-6-9(7-13)2-4-12(10)15-11/h2,4,6-8,11,13H,3,5,14H2,1H3. The van der Waals surface area contributed by atoms with Gasteiger partial charge in [-0.25, -0.2) is 5.90 Å². The Morgan fingerprint density at radius 1 is 1.62 bits per heavy atom. The molecule has 0 fully saturated rings. The van der Waals surface area contributed by atoms with Crippen LogP contribution in [0.4, 0.5) is 0 Å². The quantitative estimate of drug-likeness (QED) is 0.601. The van der Waals surface area contributed by atoms with Gasteiger partial charge >= 0.3 is 0 Å². The predicted octanol–water partition coefficient (Wildman–Crippen LogP) is 1.66. The Labute approximate surface area is 94.8 Å². The zero-order valence-electron chi connectivity index (χ0n) is 9.27. The minimum absolute atomic E-state index is 0.0170. The van der Waals surface area contributed by atoms with Gasteiger partial charge in [-0.05, 0) is 49.1 Å². The second-order valence-corrected chi connectivity index (χ2v) is 4.05. The third-order valence-corrected chi connectivity index (χ3v) is 2.97. The fourth-order valence-electron chi connectivity index (χ4n) is 1.94. The maximum atomic E-state index is 7.20. The van der Waals surface area contributed by atoms with E-state index < -0.39 is 0 Å². The van der Waals surface area contributed by atoms with Crippen LogP contribution >= 0.6 is 0 Å². The Bertz CT molecular complexity index is 393. The lowest BCUT2D eigenvalue weighted by Crippen LogP contribution is -2.36. The second-order valence-electron chi connectivity index (χ2n) is 4.05. The van der Waals surface area contributed by atoms with Crippen LogP contribution in [-0.4, -0.2) is 18.4 Å². The first kappa shape index (κ1) is 11.1. The molecule has 0 saturated carbocycles. The average molecular weight is 220 g/mol. The topological polar surface area (TPSA) is 68.3 Å². The number of fused-ring (bicyclic) bond motifs is 1. The maximum Gasteiger partial charge on any atom is 0.127 e. The molecule has 0 spiro atoms. The van der Waals surface area contributed by atoms with Crippen molar-refractivity contribution in [3.8, 4) is 5.75 Å². The van der Waals surface area contributed by atoms with Gasteiger partial charge in [-0.1, -0.05) is 0 Å². The normalized spacial score (nSPS) is 20.8. The summed E-state index contributed by atoms with van der Waals surface area (Å²) in [4.78, 5) is 4.79. The number of hydrogen-bond acceptors (Lipinski definition) is 4. The summed E-state index contributed by atoms with van der Waals surface area (Å²) >= 11 is 0. The first-order valence-corrected chi connectivity index (χ1v) is 5.40. The third kappa shape index (κ3) is 2.08. The largest absolute Gasteiger partial charge is 0.487 e. The van der Waals surface area contributed by atoms with E-state index in [9.17, 15) is 0 Å². The molecule has 16 heavy (non-hydrogen) atoms. The smallest absolute Gasteiger partial charge is 0.127 e. The molecule has 86 valence electrons. The lowest BCUT2D eigenvalue weighted by molar-refractivity contribution is -0.0238. The molecule has 2 atom stereocenters. The molecule has 3 N–H and O–H groups in total. The van der Waals surface area contributed by atoms with E-state index in [0.29, 0.717) is 0 Å². The van der Waals surface area contributed by atoms with Gasteiger partial charge in [0.2, 0.25) is 0 Å². The monoisotopic (exact) mass is 220 g/mol. The molecule has 0 aliphatic carbocycles. The van der Waals surface area contributed by atoms with Crippen LogP contribution in [0.5, 0.6) is 5.75 Å². The van der Waals surface area contributed by atoms with Crippen LogP contribution in [0.15, 0.2) is 18.2 Å². The van der Waals surface area contributed by atoms with Crippen molar-refractivity contribution in [3.63, 3.8) is 0 Å². The van der Waals surface area contributed by atoms with Crippen LogP contribution in [0.2, 0.25) is 0 Å². The lowest BCUT2D eigenvalue weighted by atomic mass is 9.98. The molecule has 0 radical (unpaired) electrons. The first-order valence-electron chi connectivity index (χ1n) is 5.40. The van der Waals surface area contributed by atoms with Crippen LogP contribution in [0.3, 0.4) is 0 Å². The molecule has 2 rings (SSSR count). The van der Waals surface area contributed by atoms with Crippen molar-refractivity contribution in [2.24, 2.45) is 5.90 Å².